The zero-order valence-corrected chi connectivity index (χ0v) is 16.2. The molecule has 0 aromatic carbocycles. The minimum absolute atomic E-state index is 0.187. The molecule has 0 unspecified atom stereocenters. The molecule has 146 valence electrons. The van der Waals surface area contributed by atoms with E-state index in [1.165, 1.54) is 6.42 Å². The van der Waals surface area contributed by atoms with Gasteiger partial charge in [0.25, 0.3) is 0 Å². The fourth-order valence-electron chi connectivity index (χ4n) is 4.66. The summed E-state index contributed by atoms with van der Waals surface area (Å²) in [4.78, 5) is 36.0. The largest absolute Gasteiger partial charge is 0.340 e. The summed E-state index contributed by atoms with van der Waals surface area (Å²) in [6.45, 7) is 3.49. The molecule has 5 rings (SSSR count). The van der Waals surface area contributed by atoms with Crippen LogP contribution in [0.3, 0.4) is 0 Å². The number of rotatable bonds is 5. The van der Waals surface area contributed by atoms with Gasteiger partial charge in [0.05, 0.1) is 6.54 Å². The number of pyridine rings is 1. The van der Waals surface area contributed by atoms with Crippen molar-refractivity contribution in [3.63, 3.8) is 0 Å². The van der Waals surface area contributed by atoms with Crippen LogP contribution in [0.5, 0.6) is 0 Å². The molecule has 0 radical (unpaired) electrons. The van der Waals surface area contributed by atoms with Gasteiger partial charge in [-0.15, -0.1) is 0 Å². The fourth-order valence-corrected chi connectivity index (χ4v) is 4.66. The molecule has 27 heavy (non-hydrogen) atoms. The number of aromatic nitrogens is 1. The summed E-state index contributed by atoms with van der Waals surface area (Å²) in [5.41, 5.74) is 1.11. The van der Waals surface area contributed by atoms with Gasteiger partial charge < -0.3 is 9.80 Å². The Balaban J connectivity index is 1.36. The third kappa shape index (κ3) is 4.15. The normalized spacial score (nSPS) is 25.4. The smallest absolute Gasteiger partial charge is 0.237 e. The molecule has 1 aliphatic carbocycles. The third-order valence-electron chi connectivity index (χ3n) is 6.38. The van der Waals surface area contributed by atoms with Crippen LogP contribution in [0.1, 0.15) is 37.7 Å². The maximum atomic E-state index is 13.0. The summed E-state index contributed by atoms with van der Waals surface area (Å²) < 4.78 is 0. The van der Waals surface area contributed by atoms with E-state index in [-0.39, 0.29) is 17.9 Å². The van der Waals surface area contributed by atoms with Crippen LogP contribution < -0.4 is 0 Å². The van der Waals surface area contributed by atoms with E-state index >= 15 is 0 Å². The second kappa shape index (κ2) is 7.97. The van der Waals surface area contributed by atoms with E-state index in [1.54, 1.807) is 6.20 Å². The van der Waals surface area contributed by atoms with Gasteiger partial charge in [0.2, 0.25) is 11.8 Å². The Morgan fingerprint density at radius 1 is 1.19 bits per heavy atom. The molecule has 4 heterocycles. The Labute approximate surface area is 161 Å². The Morgan fingerprint density at radius 3 is 2.74 bits per heavy atom. The molecule has 0 N–H and O–H groups in total. The van der Waals surface area contributed by atoms with Crippen molar-refractivity contribution in [2.24, 2.45) is 11.8 Å². The second-order valence-electron chi connectivity index (χ2n) is 8.55. The molecule has 1 aromatic rings. The van der Waals surface area contributed by atoms with Crippen molar-refractivity contribution in [2.45, 2.75) is 44.7 Å². The lowest BCUT2D eigenvalue weighted by atomic mass is 9.84. The number of hydrogen-bond donors (Lipinski definition) is 0. The second-order valence-corrected chi connectivity index (χ2v) is 8.55. The highest BCUT2D eigenvalue weighted by atomic mass is 16.2. The molecule has 2 amide bonds. The Morgan fingerprint density at radius 2 is 2.04 bits per heavy atom. The van der Waals surface area contributed by atoms with E-state index in [4.69, 9.17) is 0 Å². The van der Waals surface area contributed by atoms with Crippen molar-refractivity contribution in [3.8, 4) is 0 Å². The van der Waals surface area contributed by atoms with E-state index in [0.717, 1.165) is 50.9 Å². The minimum atomic E-state index is 0.187. The van der Waals surface area contributed by atoms with Crippen LogP contribution in [0.15, 0.2) is 24.5 Å². The van der Waals surface area contributed by atoms with Gasteiger partial charge in [0, 0.05) is 50.5 Å². The third-order valence-corrected chi connectivity index (χ3v) is 6.38. The Bertz CT molecular complexity index is 676. The predicted octanol–water partition coefficient (Wildman–Crippen LogP) is 1.76. The molecule has 2 atom stereocenters. The molecule has 4 fully saturated rings. The number of carbonyl (C=O) groups is 2. The van der Waals surface area contributed by atoms with Crippen molar-refractivity contribution < 1.29 is 9.59 Å². The molecular weight excluding hydrogens is 340 g/mol. The van der Waals surface area contributed by atoms with E-state index in [9.17, 15) is 9.59 Å². The number of piperidine rings is 1. The van der Waals surface area contributed by atoms with Crippen LogP contribution in [0.25, 0.3) is 0 Å². The fraction of sp³-hybridized carbons (Fsp3) is 0.667. The van der Waals surface area contributed by atoms with Crippen LogP contribution in [-0.2, 0) is 16.1 Å². The summed E-state index contributed by atoms with van der Waals surface area (Å²) in [5.74, 6) is 1.20. The van der Waals surface area contributed by atoms with E-state index in [1.807, 2.05) is 25.4 Å². The molecule has 4 aliphatic rings. The highest BCUT2D eigenvalue weighted by Gasteiger charge is 2.40. The van der Waals surface area contributed by atoms with Crippen molar-refractivity contribution in [2.75, 3.05) is 33.2 Å². The van der Waals surface area contributed by atoms with Crippen LogP contribution in [-0.4, -0.2) is 70.8 Å². The molecule has 3 saturated heterocycles. The molecule has 6 nitrogen and oxygen atoms in total. The lowest BCUT2D eigenvalue weighted by Crippen LogP contribution is -2.50. The van der Waals surface area contributed by atoms with Crippen LogP contribution in [0.4, 0.5) is 0 Å². The monoisotopic (exact) mass is 370 g/mol. The van der Waals surface area contributed by atoms with Crippen molar-refractivity contribution in [1.82, 2.24) is 19.7 Å². The molecule has 6 heteroatoms. The van der Waals surface area contributed by atoms with Gasteiger partial charge in [0.15, 0.2) is 0 Å². The van der Waals surface area contributed by atoms with E-state index < -0.39 is 0 Å². The molecule has 2 bridgehead atoms. The average Bonchev–Trinajstić information content (AvgIpc) is 2.93. The van der Waals surface area contributed by atoms with E-state index in [2.05, 4.69) is 19.7 Å². The molecule has 1 saturated carbocycles. The molecular formula is C21H30N4O2. The zero-order chi connectivity index (χ0) is 18.8. The van der Waals surface area contributed by atoms with Crippen LogP contribution in [0.2, 0.25) is 0 Å². The number of carbonyl (C=O) groups excluding carboxylic acids is 2. The minimum Gasteiger partial charge on any atom is -0.340 e. The topological polar surface area (TPSA) is 56.8 Å². The predicted molar refractivity (Wildman–Crippen MR) is 103 cm³/mol. The first-order valence-corrected chi connectivity index (χ1v) is 10.3. The number of amides is 2. The summed E-state index contributed by atoms with van der Waals surface area (Å²) in [7, 11) is 1.98. The highest BCUT2D eigenvalue weighted by Crippen LogP contribution is 2.33. The van der Waals surface area contributed by atoms with Gasteiger partial charge in [-0.2, -0.15) is 0 Å². The standard InChI is InChI=1S/C21H30N4O2/c1-23(11-16-4-3-9-22-10-16)15-20(26)25-13-17-7-8-19(25)14-24(12-17)21(27)18-5-2-6-18/h3-4,9-10,17-19H,2,5-8,11-15H2,1H3/t17-,19+/m0/s1. The lowest BCUT2D eigenvalue weighted by molar-refractivity contribution is -0.140. The quantitative estimate of drug-likeness (QED) is 0.793. The van der Waals surface area contributed by atoms with Crippen LogP contribution >= 0.6 is 0 Å². The average molecular weight is 370 g/mol. The van der Waals surface area contributed by atoms with Crippen LogP contribution in [0, 0.1) is 11.8 Å². The summed E-state index contributed by atoms with van der Waals surface area (Å²) >= 11 is 0. The number of likely N-dealkylation sites (N-methyl/N-ethyl adjacent to an activating group) is 1. The summed E-state index contributed by atoms with van der Waals surface area (Å²) in [6.07, 6.45) is 9.05. The maximum absolute atomic E-state index is 13.0. The first-order chi connectivity index (χ1) is 13.1. The highest BCUT2D eigenvalue weighted by molar-refractivity contribution is 5.81. The van der Waals surface area contributed by atoms with E-state index in [0.29, 0.717) is 24.9 Å². The summed E-state index contributed by atoms with van der Waals surface area (Å²) in [5, 5.41) is 0. The maximum Gasteiger partial charge on any atom is 0.237 e. The first kappa shape index (κ1) is 18.4. The van der Waals surface area contributed by atoms with Gasteiger partial charge >= 0.3 is 0 Å². The van der Waals surface area contributed by atoms with Crippen molar-refractivity contribution >= 4 is 11.8 Å². The zero-order valence-electron chi connectivity index (χ0n) is 16.2. The number of hydrogen-bond acceptors (Lipinski definition) is 4. The SMILES string of the molecule is CN(CC(=O)N1C[C@H]2CC[C@@H]1CN(C(=O)C1CCC1)C2)Cc1cccnc1. The van der Waals surface area contributed by atoms with Crippen molar-refractivity contribution in [1.29, 1.82) is 0 Å². The lowest BCUT2D eigenvalue weighted by Gasteiger charge is -2.37. The Kier molecular flexibility index (Phi) is 5.43. The van der Waals surface area contributed by atoms with Gasteiger partial charge in [-0.3, -0.25) is 19.5 Å². The number of nitrogens with zero attached hydrogens (tertiary/aromatic N) is 4. The van der Waals surface area contributed by atoms with Gasteiger partial charge in [-0.1, -0.05) is 12.5 Å². The molecule has 1 aromatic heterocycles. The molecule has 0 spiro atoms. The number of fused-ring (bicyclic) bond motifs is 4. The van der Waals surface area contributed by atoms with Gasteiger partial charge in [0.1, 0.15) is 0 Å². The van der Waals surface area contributed by atoms with Gasteiger partial charge in [-0.05, 0) is 50.3 Å². The molecule has 3 aliphatic heterocycles. The first-order valence-electron chi connectivity index (χ1n) is 10.3. The summed E-state index contributed by atoms with van der Waals surface area (Å²) in [6, 6.07) is 4.14. The van der Waals surface area contributed by atoms with Crippen molar-refractivity contribution in [3.05, 3.63) is 30.1 Å². The Hall–Kier alpha value is -1.95. The van der Waals surface area contributed by atoms with Gasteiger partial charge in [-0.25, -0.2) is 0 Å².